The highest BCUT2D eigenvalue weighted by atomic mass is 127. The van der Waals surface area contributed by atoms with E-state index in [0.717, 1.165) is 3.57 Å². The number of halogens is 1. The monoisotopic (exact) mass is 375 g/mol. The third kappa shape index (κ3) is 2.70. The van der Waals surface area contributed by atoms with Crippen molar-refractivity contribution in [3.05, 3.63) is 27.3 Å². The van der Waals surface area contributed by atoms with Gasteiger partial charge in [0.25, 0.3) is 0 Å². The second-order valence-electron chi connectivity index (χ2n) is 4.21. The molecule has 1 aliphatic heterocycles. The fraction of sp³-hybridized carbons (Fsp3) is 0.250. The zero-order valence-corrected chi connectivity index (χ0v) is 11.8. The summed E-state index contributed by atoms with van der Waals surface area (Å²) in [5.41, 5.74) is 0.257. The van der Waals surface area contributed by atoms with Crippen molar-refractivity contribution in [2.45, 2.75) is 6.42 Å². The molecule has 7 heteroatoms. The van der Waals surface area contributed by atoms with Crippen molar-refractivity contribution in [2.24, 2.45) is 5.92 Å². The van der Waals surface area contributed by atoms with E-state index in [9.17, 15) is 14.4 Å². The van der Waals surface area contributed by atoms with E-state index in [1.165, 1.54) is 11.0 Å². The summed E-state index contributed by atoms with van der Waals surface area (Å²) >= 11 is 2.01. The Morgan fingerprint density at radius 3 is 2.53 bits per heavy atom. The first-order chi connectivity index (χ1) is 8.90. The molecule has 1 atom stereocenters. The van der Waals surface area contributed by atoms with Crippen molar-refractivity contribution in [3.8, 4) is 0 Å². The Bertz CT molecular complexity index is 571. The maximum Gasteiger partial charge on any atom is 0.337 e. The molecule has 2 N–H and O–H groups in total. The molecular formula is C12H10INO5. The van der Waals surface area contributed by atoms with Gasteiger partial charge in [-0.2, -0.15) is 0 Å². The highest BCUT2D eigenvalue weighted by Gasteiger charge is 2.36. The van der Waals surface area contributed by atoms with E-state index in [2.05, 4.69) is 0 Å². The first-order valence-electron chi connectivity index (χ1n) is 5.46. The second-order valence-corrected chi connectivity index (χ2v) is 5.46. The number of hydrogen-bond acceptors (Lipinski definition) is 3. The number of anilines is 1. The predicted molar refractivity (Wildman–Crippen MR) is 74.2 cm³/mol. The molecule has 1 aromatic rings. The average Bonchev–Trinajstić information content (AvgIpc) is 2.71. The molecule has 1 fully saturated rings. The summed E-state index contributed by atoms with van der Waals surface area (Å²) in [5, 5.41) is 18.1. The van der Waals surface area contributed by atoms with Gasteiger partial charge in [0.2, 0.25) is 5.91 Å². The summed E-state index contributed by atoms with van der Waals surface area (Å²) in [6.07, 6.45) is -0.0974. The van der Waals surface area contributed by atoms with Gasteiger partial charge in [-0.05, 0) is 40.8 Å². The summed E-state index contributed by atoms with van der Waals surface area (Å²) in [4.78, 5) is 35.2. The van der Waals surface area contributed by atoms with E-state index in [4.69, 9.17) is 10.2 Å². The van der Waals surface area contributed by atoms with E-state index in [0.29, 0.717) is 0 Å². The molecule has 19 heavy (non-hydrogen) atoms. The van der Waals surface area contributed by atoms with Crippen molar-refractivity contribution in [3.63, 3.8) is 0 Å². The SMILES string of the molecule is O=C(O)c1ccc(I)cc1N1CC(C(=O)O)CC1=O. The molecule has 1 aliphatic rings. The summed E-state index contributed by atoms with van der Waals surface area (Å²) in [7, 11) is 0. The van der Waals surface area contributed by atoms with Crippen LogP contribution in [0.4, 0.5) is 5.69 Å². The first-order valence-corrected chi connectivity index (χ1v) is 6.54. The molecule has 0 spiro atoms. The number of carboxylic acids is 2. The molecule has 0 saturated carbocycles. The lowest BCUT2D eigenvalue weighted by atomic mass is 10.1. The maximum atomic E-state index is 11.8. The smallest absolute Gasteiger partial charge is 0.337 e. The Kier molecular flexibility index (Phi) is 3.74. The number of carbonyl (C=O) groups excluding carboxylic acids is 1. The molecule has 1 amide bonds. The third-order valence-corrected chi connectivity index (χ3v) is 3.63. The van der Waals surface area contributed by atoms with E-state index in [-0.39, 0.29) is 30.1 Å². The lowest BCUT2D eigenvalue weighted by Gasteiger charge is -2.18. The summed E-state index contributed by atoms with van der Waals surface area (Å²) in [6, 6.07) is 4.62. The zero-order chi connectivity index (χ0) is 14.2. The Morgan fingerprint density at radius 1 is 1.32 bits per heavy atom. The van der Waals surface area contributed by atoms with E-state index >= 15 is 0 Å². The number of hydrogen-bond donors (Lipinski definition) is 2. The van der Waals surface area contributed by atoms with Crippen molar-refractivity contribution in [1.29, 1.82) is 0 Å². The number of aliphatic carboxylic acids is 1. The van der Waals surface area contributed by atoms with Gasteiger partial charge in [0.15, 0.2) is 0 Å². The van der Waals surface area contributed by atoms with Crippen LogP contribution in [0.25, 0.3) is 0 Å². The van der Waals surface area contributed by atoms with Crippen molar-refractivity contribution in [2.75, 3.05) is 11.4 Å². The molecule has 1 aromatic carbocycles. The minimum atomic E-state index is -1.14. The van der Waals surface area contributed by atoms with Crippen LogP contribution in [0.15, 0.2) is 18.2 Å². The molecule has 1 heterocycles. The molecule has 100 valence electrons. The van der Waals surface area contributed by atoms with Gasteiger partial charge in [0.05, 0.1) is 17.2 Å². The lowest BCUT2D eigenvalue weighted by molar-refractivity contribution is -0.141. The quantitative estimate of drug-likeness (QED) is 0.780. The normalized spacial score (nSPS) is 18.7. The van der Waals surface area contributed by atoms with Crippen LogP contribution in [0.3, 0.4) is 0 Å². The third-order valence-electron chi connectivity index (χ3n) is 2.96. The van der Waals surface area contributed by atoms with Crippen molar-refractivity contribution >= 4 is 46.1 Å². The summed E-state index contributed by atoms with van der Waals surface area (Å²) in [5.74, 6) is -3.33. The number of nitrogens with zero attached hydrogens (tertiary/aromatic N) is 1. The van der Waals surface area contributed by atoms with Gasteiger partial charge in [0, 0.05) is 16.5 Å². The standard InChI is InChI=1S/C12H10INO5/c13-7-1-2-8(12(18)19)9(4-7)14-5-6(11(16)17)3-10(14)15/h1-2,4,6H,3,5H2,(H,16,17)(H,18,19). The van der Waals surface area contributed by atoms with Crippen LogP contribution < -0.4 is 4.90 Å². The second kappa shape index (κ2) is 5.16. The molecule has 0 aliphatic carbocycles. The van der Waals surface area contributed by atoms with Crippen LogP contribution >= 0.6 is 22.6 Å². The van der Waals surface area contributed by atoms with Gasteiger partial charge in [-0.25, -0.2) is 4.79 Å². The van der Waals surface area contributed by atoms with Crippen LogP contribution in [0, 0.1) is 9.49 Å². The zero-order valence-electron chi connectivity index (χ0n) is 9.67. The van der Waals surface area contributed by atoms with Gasteiger partial charge in [-0.1, -0.05) is 0 Å². The highest BCUT2D eigenvalue weighted by molar-refractivity contribution is 14.1. The molecule has 1 unspecified atom stereocenters. The predicted octanol–water partition coefficient (Wildman–Crippen LogP) is 1.43. The average molecular weight is 375 g/mol. The van der Waals surface area contributed by atoms with Gasteiger partial charge in [0.1, 0.15) is 0 Å². The molecule has 0 aromatic heterocycles. The Hall–Kier alpha value is -1.64. The van der Waals surface area contributed by atoms with E-state index in [1.54, 1.807) is 12.1 Å². The van der Waals surface area contributed by atoms with Crippen LogP contribution in [-0.2, 0) is 9.59 Å². The number of carbonyl (C=O) groups is 3. The van der Waals surface area contributed by atoms with Crippen LogP contribution in [-0.4, -0.2) is 34.6 Å². The summed E-state index contributed by atoms with van der Waals surface area (Å²) in [6.45, 7) is 0.00847. The largest absolute Gasteiger partial charge is 0.481 e. The number of amides is 1. The highest BCUT2D eigenvalue weighted by Crippen LogP contribution is 2.29. The molecule has 1 saturated heterocycles. The minimum absolute atomic E-state index is 0.000181. The van der Waals surface area contributed by atoms with Crippen LogP contribution in [0.1, 0.15) is 16.8 Å². The molecule has 6 nitrogen and oxygen atoms in total. The number of benzene rings is 1. The summed E-state index contributed by atoms with van der Waals surface area (Å²) < 4.78 is 0.782. The molecule has 0 radical (unpaired) electrons. The lowest BCUT2D eigenvalue weighted by Crippen LogP contribution is -2.27. The Morgan fingerprint density at radius 2 is 2.00 bits per heavy atom. The van der Waals surface area contributed by atoms with E-state index in [1.807, 2.05) is 22.6 Å². The van der Waals surface area contributed by atoms with Crippen molar-refractivity contribution in [1.82, 2.24) is 0 Å². The van der Waals surface area contributed by atoms with Crippen LogP contribution in [0.2, 0.25) is 0 Å². The molecule has 2 rings (SSSR count). The van der Waals surface area contributed by atoms with Crippen molar-refractivity contribution < 1.29 is 24.6 Å². The maximum absolute atomic E-state index is 11.8. The fourth-order valence-corrected chi connectivity index (χ4v) is 2.49. The van der Waals surface area contributed by atoms with Gasteiger partial charge in [-0.15, -0.1) is 0 Å². The van der Waals surface area contributed by atoms with Gasteiger partial charge < -0.3 is 15.1 Å². The Labute approximate surface area is 122 Å². The molecule has 0 bridgehead atoms. The number of aromatic carboxylic acids is 1. The first kappa shape index (κ1) is 13.8. The topological polar surface area (TPSA) is 94.9 Å². The minimum Gasteiger partial charge on any atom is -0.481 e. The van der Waals surface area contributed by atoms with Crippen LogP contribution in [0.5, 0.6) is 0 Å². The number of rotatable bonds is 3. The van der Waals surface area contributed by atoms with E-state index < -0.39 is 17.9 Å². The fourth-order valence-electron chi connectivity index (χ4n) is 2.01. The van der Waals surface area contributed by atoms with Gasteiger partial charge >= 0.3 is 11.9 Å². The Balaban J connectivity index is 2.42. The molecular weight excluding hydrogens is 365 g/mol. The van der Waals surface area contributed by atoms with Gasteiger partial charge in [-0.3, -0.25) is 9.59 Å². The number of carboxylic acid groups (broad SMARTS) is 2.